The Morgan fingerprint density at radius 3 is 2.79 bits per heavy atom. The zero-order valence-electron chi connectivity index (χ0n) is 10.4. The SMILES string of the molecule is NC(=O)c1ccccc1OCC(=O)N1CC[C@H](O)C1. The molecule has 0 aromatic heterocycles. The topological polar surface area (TPSA) is 92.9 Å². The normalized spacial score (nSPS) is 18.4. The number of rotatable bonds is 4. The van der Waals surface area contributed by atoms with Crippen LogP contribution in [-0.2, 0) is 4.79 Å². The molecule has 19 heavy (non-hydrogen) atoms. The third-order valence-corrected chi connectivity index (χ3v) is 3.02. The van der Waals surface area contributed by atoms with Crippen LogP contribution in [0.3, 0.4) is 0 Å². The highest BCUT2D eigenvalue weighted by Gasteiger charge is 2.24. The Labute approximate surface area is 110 Å². The highest BCUT2D eigenvalue weighted by atomic mass is 16.5. The van der Waals surface area contributed by atoms with E-state index in [1.807, 2.05) is 0 Å². The molecule has 0 spiro atoms. The molecule has 1 aromatic rings. The number of hydrogen-bond acceptors (Lipinski definition) is 4. The molecular weight excluding hydrogens is 248 g/mol. The van der Waals surface area contributed by atoms with E-state index in [-0.39, 0.29) is 18.1 Å². The maximum absolute atomic E-state index is 11.8. The summed E-state index contributed by atoms with van der Waals surface area (Å²) < 4.78 is 5.33. The van der Waals surface area contributed by atoms with E-state index in [2.05, 4.69) is 0 Å². The quantitative estimate of drug-likeness (QED) is 0.784. The summed E-state index contributed by atoms with van der Waals surface area (Å²) in [5.74, 6) is -0.515. The molecule has 1 aliphatic rings. The second kappa shape index (κ2) is 5.71. The van der Waals surface area contributed by atoms with E-state index in [4.69, 9.17) is 10.5 Å². The number of likely N-dealkylation sites (tertiary alicyclic amines) is 1. The first-order valence-electron chi connectivity index (χ1n) is 6.05. The fraction of sp³-hybridized carbons (Fsp3) is 0.385. The van der Waals surface area contributed by atoms with E-state index in [0.717, 1.165) is 0 Å². The zero-order chi connectivity index (χ0) is 13.8. The van der Waals surface area contributed by atoms with Gasteiger partial charge in [-0.15, -0.1) is 0 Å². The lowest BCUT2D eigenvalue weighted by Gasteiger charge is -2.16. The molecule has 2 amide bonds. The van der Waals surface area contributed by atoms with Gasteiger partial charge in [-0.25, -0.2) is 0 Å². The number of carbonyl (C=O) groups is 2. The van der Waals surface area contributed by atoms with Crippen LogP contribution in [0.25, 0.3) is 0 Å². The van der Waals surface area contributed by atoms with E-state index in [1.165, 1.54) is 4.90 Å². The number of carbonyl (C=O) groups excluding carboxylic acids is 2. The van der Waals surface area contributed by atoms with Crippen molar-refractivity contribution in [3.8, 4) is 5.75 Å². The van der Waals surface area contributed by atoms with Crippen molar-refractivity contribution in [3.05, 3.63) is 29.8 Å². The molecule has 0 aliphatic carbocycles. The van der Waals surface area contributed by atoms with E-state index in [1.54, 1.807) is 24.3 Å². The molecule has 2 rings (SSSR count). The van der Waals surface area contributed by atoms with Crippen molar-refractivity contribution >= 4 is 11.8 Å². The van der Waals surface area contributed by atoms with Crippen LogP contribution in [-0.4, -0.2) is 47.6 Å². The Balaban J connectivity index is 1.95. The average molecular weight is 264 g/mol. The van der Waals surface area contributed by atoms with Gasteiger partial charge in [-0.05, 0) is 18.6 Å². The Bertz CT molecular complexity index is 489. The minimum absolute atomic E-state index is 0.170. The summed E-state index contributed by atoms with van der Waals surface area (Å²) in [6.45, 7) is 0.692. The molecule has 1 heterocycles. The van der Waals surface area contributed by atoms with E-state index in [0.29, 0.717) is 25.3 Å². The first-order valence-corrected chi connectivity index (χ1v) is 6.05. The van der Waals surface area contributed by atoms with Gasteiger partial charge in [0.25, 0.3) is 11.8 Å². The first-order chi connectivity index (χ1) is 9.08. The molecule has 0 radical (unpaired) electrons. The lowest BCUT2D eigenvalue weighted by atomic mass is 10.2. The summed E-state index contributed by atoms with van der Waals surface area (Å²) in [7, 11) is 0. The van der Waals surface area contributed by atoms with Crippen molar-refractivity contribution in [2.24, 2.45) is 5.73 Å². The number of nitrogens with zero attached hydrogens (tertiary/aromatic N) is 1. The van der Waals surface area contributed by atoms with Crippen LogP contribution >= 0.6 is 0 Å². The molecule has 1 aromatic carbocycles. The number of aliphatic hydroxyl groups is 1. The standard InChI is InChI=1S/C13H16N2O4/c14-13(18)10-3-1-2-4-11(10)19-8-12(17)15-6-5-9(16)7-15/h1-4,9,16H,5-8H2,(H2,14,18)/t9-/m0/s1. The molecular formula is C13H16N2O4. The van der Waals surface area contributed by atoms with Crippen LogP contribution in [0.5, 0.6) is 5.75 Å². The largest absolute Gasteiger partial charge is 0.483 e. The predicted octanol–water partition coefficient (Wildman–Crippen LogP) is -0.243. The molecule has 1 saturated heterocycles. The van der Waals surface area contributed by atoms with Crippen LogP contribution in [0.2, 0.25) is 0 Å². The van der Waals surface area contributed by atoms with Crippen molar-refractivity contribution in [2.45, 2.75) is 12.5 Å². The average Bonchev–Trinajstić information content (AvgIpc) is 2.83. The van der Waals surface area contributed by atoms with Gasteiger partial charge in [-0.1, -0.05) is 12.1 Å². The fourth-order valence-electron chi connectivity index (χ4n) is 2.00. The number of nitrogens with two attached hydrogens (primary N) is 1. The smallest absolute Gasteiger partial charge is 0.260 e. The van der Waals surface area contributed by atoms with E-state index < -0.39 is 12.0 Å². The van der Waals surface area contributed by atoms with Crippen molar-refractivity contribution < 1.29 is 19.4 Å². The predicted molar refractivity (Wildman–Crippen MR) is 67.7 cm³/mol. The van der Waals surface area contributed by atoms with Crippen molar-refractivity contribution in [2.75, 3.05) is 19.7 Å². The molecule has 102 valence electrons. The van der Waals surface area contributed by atoms with Gasteiger partial charge in [0.2, 0.25) is 0 Å². The monoisotopic (exact) mass is 264 g/mol. The summed E-state index contributed by atoms with van der Waals surface area (Å²) in [5, 5.41) is 9.35. The van der Waals surface area contributed by atoms with Crippen LogP contribution in [0.1, 0.15) is 16.8 Å². The van der Waals surface area contributed by atoms with E-state index >= 15 is 0 Å². The lowest BCUT2D eigenvalue weighted by molar-refractivity contribution is -0.132. The highest BCUT2D eigenvalue weighted by molar-refractivity contribution is 5.95. The van der Waals surface area contributed by atoms with Gasteiger partial charge in [-0.3, -0.25) is 9.59 Å². The summed E-state index contributed by atoms with van der Waals surface area (Å²) in [5.41, 5.74) is 5.46. The van der Waals surface area contributed by atoms with Gasteiger partial charge < -0.3 is 20.5 Å². The van der Waals surface area contributed by atoms with Gasteiger partial charge in [0.1, 0.15) is 5.75 Å². The second-order valence-electron chi connectivity index (χ2n) is 4.43. The third-order valence-electron chi connectivity index (χ3n) is 3.02. The Hall–Kier alpha value is -2.08. The second-order valence-corrected chi connectivity index (χ2v) is 4.43. The highest BCUT2D eigenvalue weighted by Crippen LogP contribution is 2.17. The van der Waals surface area contributed by atoms with Gasteiger partial charge in [0.15, 0.2) is 6.61 Å². The van der Waals surface area contributed by atoms with Crippen LogP contribution < -0.4 is 10.5 Å². The summed E-state index contributed by atoms with van der Waals surface area (Å²) in [4.78, 5) is 24.5. The summed E-state index contributed by atoms with van der Waals surface area (Å²) >= 11 is 0. The van der Waals surface area contributed by atoms with Crippen LogP contribution in [0, 0.1) is 0 Å². The molecule has 0 bridgehead atoms. The molecule has 1 atom stereocenters. The first kappa shape index (κ1) is 13.4. The van der Waals surface area contributed by atoms with E-state index in [9.17, 15) is 14.7 Å². The van der Waals surface area contributed by atoms with Crippen molar-refractivity contribution in [1.29, 1.82) is 0 Å². The number of hydrogen-bond donors (Lipinski definition) is 2. The van der Waals surface area contributed by atoms with Crippen LogP contribution in [0.4, 0.5) is 0 Å². The number of amides is 2. The van der Waals surface area contributed by atoms with Crippen LogP contribution in [0.15, 0.2) is 24.3 Å². The van der Waals surface area contributed by atoms with Crippen molar-refractivity contribution in [3.63, 3.8) is 0 Å². The molecule has 1 aliphatic heterocycles. The number of β-amino-alcohol motifs (C(OH)–C–C–N with tert-alkyl or cyclic N) is 1. The zero-order valence-corrected chi connectivity index (χ0v) is 10.4. The number of primary amides is 1. The fourth-order valence-corrected chi connectivity index (χ4v) is 2.00. The Kier molecular flexibility index (Phi) is 4.01. The summed E-state index contributed by atoms with van der Waals surface area (Å²) in [6, 6.07) is 6.51. The molecule has 0 unspecified atom stereocenters. The molecule has 6 heteroatoms. The number of benzene rings is 1. The number of ether oxygens (including phenoxy) is 1. The minimum atomic E-state index is -0.598. The van der Waals surface area contributed by atoms with Gasteiger partial charge >= 0.3 is 0 Å². The van der Waals surface area contributed by atoms with Gasteiger partial charge in [0.05, 0.1) is 11.7 Å². The third kappa shape index (κ3) is 3.23. The Morgan fingerprint density at radius 1 is 1.42 bits per heavy atom. The molecule has 3 N–H and O–H groups in total. The number of aliphatic hydroxyl groups excluding tert-OH is 1. The molecule has 1 fully saturated rings. The maximum atomic E-state index is 11.8. The van der Waals surface area contributed by atoms with Gasteiger partial charge in [-0.2, -0.15) is 0 Å². The van der Waals surface area contributed by atoms with Gasteiger partial charge in [0, 0.05) is 13.1 Å². The maximum Gasteiger partial charge on any atom is 0.260 e. The lowest BCUT2D eigenvalue weighted by Crippen LogP contribution is -2.33. The molecule has 0 saturated carbocycles. The summed E-state index contributed by atoms with van der Waals surface area (Å²) in [6.07, 6.45) is 0.130. The Morgan fingerprint density at radius 2 is 2.16 bits per heavy atom. The minimum Gasteiger partial charge on any atom is -0.483 e. The molecule has 6 nitrogen and oxygen atoms in total. The number of para-hydroxylation sites is 1. The van der Waals surface area contributed by atoms with Crippen molar-refractivity contribution in [1.82, 2.24) is 4.90 Å².